The Hall–Kier alpha value is -3.14. The third-order valence-electron chi connectivity index (χ3n) is 7.16. The van der Waals surface area contributed by atoms with E-state index in [4.69, 9.17) is 4.74 Å². The van der Waals surface area contributed by atoms with Crippen LogP contribution < -0.4 is 9.64 Å². The van der Waals surface area contributed by atoms with Crippen LogP contribution in [0, 0.1) is 0 Å². The Morgan fingerprint density at radius 3 is 2.41 bits per heavy atom. The number of hydrogen-bond donors (Lipinski definition) is 1. The van der Waals surface area contributed by atoms with Gasteiger partial charge < -0.3 is 14.7 Å². The minimum atomic E-state index is -5.10. The lowest BCUT2D eigenvalue weighted by Gasteiger charge is -2.44. The van der Waals surface area contributed by atoms with Gasteiger partial charge in [0.15, 0.2) is 5.69 Å². The van der Waals surface area contributed by atoms with Gasteiger partial charge in [-0.05, 0) is 25.5 Å². The van der Waals surface area contributed by atoms with Gasteiger partial charge in [0.2, 0.25) is 15.9 Å². The van der Waals surface area contributed by atoms with Gasteiger partial charge in [-0.25, -0.2) is 35.8 Å². The number of hydrogen-bond acceptors (Lipinski definition) is 6. The van der Waals surface area contributed by atoms with Crippen LogP contribution in [0.1, 0.15) is 54.2 Å². The number of aromatic nitrogens is 1. The minimum Gasteiger partial charge on any atom is -0.488 e. The lowest BCUT2D eigenvalue weighted by atomic mass is 9.86. The van der Waals surface area contributed by atoms with Crippen molar-refractivity contribution in [3.8, 4) is 5.75 Å². The van der Waals surface area contributed by atoms with Crippen molar-refractivity contribution in [1.82, 2.24) is 9.29 Å². The van der Waals surface area contributed by atoms with E-state index in [-0.39, 0.29) is 12.0 Å². The molecule has 226 valence electrons. The molecule has 1 N–H and O–H groups in total. The quantitative estimate of drug-likeness (QED) is 0.397. The van der Waals surface area contributed by atoms with Crippen LogP contribution in [-0.2, 0) is 22.8 Å². The van der Waals surface area contributed by atoms with Crippen LogP contribution in [0.5, 0.6) is 5.75 Å². The van der Waals surface area contributed by atoms with Crippen LogP contribution in [0.15, 0.2) is 35.4 Å². The maximum Gasteiger partial charge on any atom is 0.420 e. The summed E-state index contributed by atoms with van der Waals surface area (Å²) in [5.74, 6) is -8.72. The molecule has 41 heavy (non-hydrogen) atoms. The molecular weight excluding hydrogens is 587 g/mol. The number of pyridine rings is 1. The van der Waals surface area contributed by atoms with Gasteiger partial charge >= 0.3 is 12.1 Å². The molecular formula is C25H26F7N3O5S. The van der Waals surface area contributed by atoms with Gasteiger partial charge in [0.1, 0.15) is 17.3 Å². The lowest BCUT2D eigenvalue weighted by Crippen LogP contribution is -2.54. The van der Waals surface area contributed by atoms with Gasteiger partial charge in [0.05, 0.1) is 11.3 Å². The van der Waals surface area contributed by atoms with Crippen LogP contribution in [0.4, 0.5) is 36.4 Å². The van der Waals surface area contributed by atoms with Crippen molar-refractivity contribution in [1.29, 1.82) is 0 Å². The predicted octanol–water partition coefficient (Wildman–Crippen LogP) is 5.42. The van der Waals surface area contributed by atoms with Crippen molar-refractivity contribution in [2.75, 3.05) is 18.5 Å². The summed E-state index contributed by atoms with van der Waals surface area (Å²) in [6.45, 7) is -0.483. The number of ether oxygens (including phenoxy) is 1. The second-order valence-corrected chi connectivity index (χ2v) is 12.2. The molecule has 8 nitrogen and oxygen atoms in total. The normalized spacial score (nSPS) is 21.1. The molecule has 16 heteroatoms. The predicted molar refractivity (Wildman–Crippen MR) is 131 cm³/mol. The van der Waals surface area contributed by atoms with E-state index >= 15 is 0 Å². The second kappa shape index (κ2) is 10.6. The van der Waals surface area contributed by atoms with Crippen molar-refractivity contribution in [2.24, 2.45) is 0 Å². The van der Waals surface area contributed by atoms with Crippen LogP contribution in [0.2, 0.25) is 0 Å². The summed E-state index contributed by atoms with van der Waals surface area (Å²) in [6, 6.07) is 1.48. The fraction of sp³-hybridized carbons (Fsp3) is 0.520. The van der Waals surface area contributed by atoms with Crippen LogP contribution >= 0.6 is 0 Å². The van der Waals surface area contributed by atoms with Crippen molar-refractivity contribution in [3.63, 3.8) is 0 Å². The Kier molecular flexibility index (Phi) is 7.97. The topological polar surface area (TPSA) is 100 Å². The number of alkyl halides is 7. The maximum atomic E-state index is 14.2. The number of benzene rings is 1. The Morgan fingerprint density at radius 2 is 1.85 bits per heavy atom. The SMILES string of the molecule is CN1[C@@H](CCC(C)(F)F)CN(C2CC(F)(F)C2)c2cc(C(F)(F)F)c(OCc3cccnc3C(=O)O)cc2S1(=O)=O. The number of aromatic carboxylic acids is 1. The summed E-state index contributed by atoms with van der Waals surface area (Å²) >= 11 is 0. The molecule has 0 spiro atoms. The summed E-state index contributed by atoms with van der Waals surface area (Å²) in [5.41, 5.74) is -2.52. The summed E-state index contributed by atoms with van der Waals surface area (Å²) in [4.78, 5) is 15.5. The number of sulfonamides is 1. The molecule has 2 heterocycles. The highest BCUT2D eigenvalue weighted by atomic mass is 32.2. The average molecular weight is 614 g/mol. The average Bonchev–Trinajstić information content (AvgIpc) is 2.91. The van der Waals surface area contributed by atoms with E-state index in [9.17, 15) is 49.1 Å². The van der Waals surface area contributed by atoms with E-state index in [0.29, 0.717) is 19.1 Å². The Labute approximate surface area is 230 Å². The minimum absolute atomic E-state index is 0.0954. The number of carboxylic acids is 1. The fourth-order valence-electron chi connectivity index (χ4n) is 4.91. The fourth-order valence-corrected chi connectivity index (χ4v) is 6.48. The smallest absolute Gasteiger partial charge is 0.420 e. The van der Waals surface area contributed by atoms with E-state index < -0.39 is 106 Å². The van der Waals surface area contributed by atoms with Crippen molar-refractivity contribution in [2.45, 2.75) is 74.2 Å². The number of nitrogens with zero attached hydrogens (tertiary/aromatic N) is 3. The number of anilines is 1. The third-order valence-corrected chi connectivity index (χ3v) is 9.10. The molecule has 1 aromatic heterocycles. The summed E-state index contributed by atoms with van der Waals surface area (Å²) < 4.78 is 131. The molecule has 0 unspecified atom stereocenters. The molecule has 0 saturated heterocycles. The van der Waals surface area contributed by atoms with E-state index in [2.05, 4.69) is 4.98 Å². The van der Waals surface area contributed by atoms with Gasteiger partial charge in [-0.2, -0.15) is 17.5 Å². The van der Waals surface area contributed by atoms with Crippen LogP contribution in [0.25, 0.3) is 0 Å². The van der Waals surface area contributed by atoms with Gasteiger partial charge in [0.25, 0.3) is 5.92 Å². The van der Waals surface area contributed by atoms with Gasteiger partial charge in [0, 0.05) is 62.8 Å². The molecule has 2 aliphatic rings. The molecule has 0 radical (unpaired) electrons. The first-order valence-corrected chi connectivity index (χ1v) is 13.8. The monoisotopic (exact) mass is 613 g/mol. The van der Waals surface area contributed by atoms with Crippen molar-refractivity contribution >= 4 is 21.7 Å². The molecule has 2 aromatic rings. The first kappa shape index (κ1) is 30.8. The van der Waals surface area contributed by atoms with Crippen LogP contribution in [0.3, 0.4) is 0 Å². The molecule has 1 fully saturated rings. The van der Waals surface area contributed by atoms with E-state index in [1.54, 1.807) is 0 Å². The molecule has 1 aliphatic carbocycles. The van der Waals surface area contributed by atoms with E-state index in [0.717, 1.165) is 22.4 Å². The Morgan fingerprint density at radius 1 is 1.20 bits per heavy atom. The largest absolute Gasteiger partial charge is 0.488 e. The Balaban J connectivity index is 1.83. The highest BCUT2D eigenvalue weighted by molar-refractivity contribution is 7.89. The highest BCUT2D eigenvalue weighted by Gasteiger charge is 2.51. The highest BCUT2D eigenvalue weighted by Crippen LogP contribution is 2.48. The first-order chi connectivity index (χ1) is 18.8. The van der Waals surface area contributed by atoms with Gasteiger partial charge in [-0.15, -0.1) is 0 Å². The standard InChI is InChI=1S/C25H26F7N3O5S/c1-23(26,27)6-5-15-12-35(16-10-24(28,29)11-16)18-8-17(25(30,31)32)19(9-20(18)41(38,39)34(15)2)40-13-14-4-3-7-33-21(14)22(36)37/h3-4,7-9,15-16H,5-6,10-13H2,1-2H3,(H,36,37)/t15-/m0/s1. The summed E-state index contributed by atoms with van der Waals surface area (Å²) in [6.07, 6.45) is -6.60. The third kappa shape index (κ3) is 6.52. The zero-order chi connectivity index (χ0) is 30.5. The number of rotatable bonds is 8. The number of carboxylic acid groups (broad SMARTS) is 1. The van der Waals surface area contributed by atoms with E-state index in [1.807, 2.05) is 0 Å². The summed E-state index contributed by atoms with van der Waals surface area (Å²) in [5, 5.41) is 9.31. The summed E-state index contributed by atoms with van der Waals surface area (Å²) in [7, 11) is -3.55. The molecule has 1 atom stereocenters. The zero-order valence-corrected chi connectivity index (χ0v) is 22.6. The first-order valence-electron chi connectivity index (χ1n) is 12.4. The number of carbonyl (C=O) groups is 1. The molecule has 0 bridgehead atoms. The maximum absolute atomic E-state index is 14.2. The molecule has 1 aromatic carbocycles. The molecule has 1 saturated carbocycles. The lowest BCUT2D eigenvalue weighted by molar-refractivity contribution is -0.139. The molecule has 0 amide bonds. The molecule has 1 aliphatic heterocycles. The Bertz CT molecular complexity index is 1420. The van der Waals surface area contributed by atoms with Crippen molar-refractivity contribution in [3.05, 3.63) is 47.3 Å². The van der Waals surface area contributed by atoms with Crippen LogP contribution in [-0.4, -0.2) is 66.3 Å². The molecule has 4 rings (SSSR count). The van der Waals surface area contributed by atoms with E-state index in [1.165, 1.54) is 12.1 Å². The number of halogens is 7. The van der Waals surface area contributed by atoms with Gasteiger partial charge in [-0.3, -0.25) is 0 Å². The number of likely N-dealkylation sites (N-methyl/N-ethyl adjacent to an activating group) is 1. The van der Waals surface area contributed by atoms with Gasteiger partial charge in [-0.1, -0.05) is 6.07 Å². The van der Waals surface area contributed by atoms with Crippen molar-refractivity contribution < 1.29 is 53.8 Å². The number of fused-ring (bicyclic) bond motifs is 1. The zero-order valence-electron chi connectivity index (χ0n) is 21.8. The second-order valence-electron chi connectivity index (χ2n) is 10.3.